The highest BCUT2D eigenvalue weighted by Crippen LogP contribution is 2.14. The van der Waals surface area contributed by atoms with Crippen molar-refractivity contribution in [1.82, 2.24) is 5.32 Å². The second kappa shape index (κ2) is 8.16. The summed E-state index contributed by atoms with van der Waals surface area (Å²) in [5.41, 5.74) is 1.40. The van der Waals surface area contributed by atoms with Gasteiger partial charge in [0.2, 0.25) is 0 Å². The fourth-order valence-electron chi connectivity index (χ4n) is 1.18. The van der Waals surface area contributed by atoms with Crippen molar-refractivity contribution in [2.24, 2.45) is 0 Å². The fraction of sp³-hybridized carbons (Fsp3) is 0.636. The first-order valence-corrected chi connectivity index (χ1v) is 7.18. The van der Waals surface area contributed by atoms with Gasteiger partial charge in [-0.15, -0.1) is 11.3 Å². The normalized spacial score (nSPS) is 10.8. The van der Waals surface area contributed by atoms with Crippen molar-refractivity contribution in [1.29, 1.82) is 0 Å². The minimum absolute atomic E-state index is 0.856. The third-order valence-corrected chi connectivity index (χ3v) is 4.08. The molecule has 1 N–H and O–H groups in total. The van der Waals surface area contributed by atoms with Gasteiger partial charge in [-0.2, -0.15) is 11.8 Å². The Kier molecular flexibility index (Phi) is 7.09. The summed E-state index contributed by atoms with van der Waals surface area (Å²) in [5.74, 6) is 2.25. The Morgan fingerprint density at radius 2 is 2.33 bits per heavy atom. The molecule has 0 aliphatic rings. The highest BCUT2D eigenvalue weighted by molar-refractivity contribution is 7.99. The van der Waals surface area contributed by atoms with Crippen LogP contribution < -0.4 is 5.32 Å². The summed E-state index contributed by atoms with van der Waals surface area (Å²) in [6.45, 7) is 5.11. The van der Waals surface area contributed by atoms with Crippen molar-refractivity contribution in [3.63, 3.8) is 0 Å². The standard InChI is InChI=1S/C11H19NOS2/c1-10-3-6-15-11(10)9-12-4-7-14-8-5-13-2/h3,6,12H,4-5,7-9H2,1-2H3. The van der Waals surface area contributed by atoms with Crippen LogP contribution in [0.25, 0.3) is 0 Å². The zero-order valence-corrected chi connectivity index (χ0v) is 11.0. The predicted octanol–water partition coefficient (Wildman–Crippen LogP) is 2.53. The number of thiophene rings is 1. The monoisotopic (exact) mass is 245 g/mol. The van der Waals surface area contributed by atoms with Gasteiger partial charge < -0.3 is 10.1 Å². The van der Waals surface area contributed by atoms with E-state index in [2.05, 4.69) is 23.7 Å². The van der Waals surface area contributed by atoms with Crippen LogP contribution in [-0.4, -0.2) is 31.8 Å². The Labute approximate surface area is 100 Å². The number of hydrogen-bond acceptors (Lipinski definition) is 4. The van der Waals surface area contributed by atoms with Crippen LogP contribution in [0.3, 0.4) is 0 Å². The Morgan fingerprint density at radius 3 is 3.00 bits per heavy atom. The summed E-state index contributed by atoms with van der Waals surface area (Å²) in [6, 6.07) is 2.18. The molecule has 0 saturated carbocycles. The number of ether oxygens (including phenoxy) is 1. The molecule has 0 radical (unpaired) electrons. The minimum Gasteiger partial charge on any atom is -0.384 e. The first kappa shape index (κ1) is 13.0. The van der Waals surface area contributed by atoms with Gasteiger partial charge in [-0.25, -0.2) is 0 Å². The lowest BCUT2D eigenvalue weighted by Gasteiger charge is -2.04. The van der Waals surface area contributed by atoms with Crippen molar-refractivity contribution in [3.05, 3.63) is 21.9 Å². The molecule has 0 bridgehead atoms. The van der Waals surface area contributed by atoms with Crippen LogP contribution in [0.5, 0.6) is 0 Å². The molecule has 0 amide bonds. The van der Waals surface area contributed by atoms with Gasteiger partial charge in [0.25, 0.3) is 0 Å². The molecule has 15 heavy (non-hydrogen) atoms. The van der Waals surface area contributed by atoms with Gasteiger partial charge >= 0.3 is 0 Å². The summed E-state index contributed by atoms with van der Waals surface area (Å²) in [6.07, 6.45) is 0. The number of hydrogen-bond donors (Lipinski definition) is 1. The summed E-state index contributed by atoms with van der Waals surface area (Å²) in [7, 11) is 1.75. The van der Waals surface area contributed by atoms with Crippen molar-refractivity contribution < 1.29 is 4.74 Å². The van der Waals surface area contributed by atoms with Crippen LogP contribution in [0.2, 0.25) is 0 Å². The highest BCUT2D eigenvalue weighted by atomic mass is 32.2. The molecule has 0 fully saturated rings. The van der Waals surface area contributed by atoms with E-state index in [0.29, 0.717) is 0 Å². The molecule has 1 aromatic heterocycles. The molecule has 0 spiro atoms. The van der Waals surface area contributed by atoms with E-state index in [4.69, 9.17) is 4.74 Å². The van der Waals surface area contributed by atoms with Crippen LogP contribution >= 0.6 is 23.1 Å². The molecule has 0 aromatic carbocycles. The maximum Gasteiger partial charge on any atom is 0.0552 e. The largest absolute Gasteiger partial charge is 0.384 e. The van der Waals surface area contributed by atoms with E-state index in [9.17, 15) is 0 Å². The van der Waals surface area contributed by atoms with E-state index in [1.807, 2.05) is 23.1 Å². The van der Waals surface area contributed by atoms with Gasteiger partial charge in [-0.05, 0) is 23.9 Å². The number of thioether (sulfide) groups is 1. The molecule has 4 heteroatoms. The third kappa shape index (κ3) is 5.56. The predicted molar refractivity (Wildman–Crippen MR) is 70.0 cm³/mol. The number of rotatable bonds is 8. The SMILES string of the molecule is COCCSCCNCc1sccc1C. The molecule has 0 aliphatic carbocycles. The molecule has 0 atom stereocenters. The van der Waals surface area contributed by atoms with E-state index < -0.39 is 0 Å². The first-order valence-electron chi connectivity index (χ1n) is 5.15. The lowest BCUT2D eigenvalue weighted by molar-refractivity contribution is 0.218. The molecule has 2 nitrogen and oxygen atoms in total. The Balaban J connectivity index is 1.96. The van der Waals surface area contributed by atoms with E-state index in [0.717, 1.165) is 31.2 Å². The second-order valence-corrected chi connectivity index (χ2v) is 5.53. The van der Waals surface area contributed by atoms with Crippen LogP contribution in [-0.2, 0) is 11.3 Å². The van der Waals surface area contributed by atoms with Gasteiger partial charge in [0.05, 0.1) is 6.61 Å². The van der Waals surface area contributed by atoms with Crippen molar-refractivity contribution in [2.45, 2.75) is 13.5 Å². The van der Waals surface area contributed by atoms with Gasteiger partial charge in [0, 0.05) is 36.6 Å². The average Bonchev–Trinajstić information content (AvgIpc) is 2.63. The Bertz CT molecular complexity index is 263. The molecular weight excluding hydrogens is 226 g/mol. The maximum atomic E-state index is 4.98. The summed E-state index contributed by atoms with van der Waals surface area (Å²) < 4.78 is 4.98. The lowest BCUT2D eigenvalue weighted by Crippen LogP contribution is -2.16. The molecular formula is C11H19NOS2. The number of methoxy groups -OCH3 is 1. The van der Waals surface area contributed by atoms with E-state index in [1.54, 1.807) is 7.11 Å². The summed E-state index contributed by atoms with van der Waals surface area (Å²) in [4.78, 5) is 1.46. The van der Waals surface area contributed by atoms with E-state index in [1.165, 1.54) is 10.4 Å². The van der Waals surface area contributed by atoms with E-state index >= 15 is 0 Å². The van der Waals surface area contributed by atoms with Gasteiger partial charge in [0.15, 0.2) is 0 Å². The van der Waals surface area contributed by atoms with Crippen LogP contribution in [0, 0.1) is 6.92 Å². The topological polar surface area (TPSA) is 21.3 Å². The zero-order valence-electron chi connectivity index (χ0n) is 9.41. The quantitative estimate of drug-likeness (QED) is 0.711. The van der Waals surface area contributed by atoms with Crippen molar-refractivity contribution in [2.75, 3.05) is 31.8 Å². The molecule has 0 unspecified atom stereocenters. The fourth-order valence-corrected chi connectivity index (χ4v) is 2.83. The second-order valence-electron chi connectivity index (χ2n) is 3.31. The maximum absolute atomic E-state index is 4.98. The van der Waals surface area contributed by atoms with Crippen molar-refractivity contribution in [3.8, 4) is 0 Å². The minimum atomic E-state index is 0.856. The summed E-state index contributed by atoms with van der Waals surface area (Å²) >= 11 is 3.77. The average molecular weight is 245 g/mol. The van der Waals surface area contributed by atoms with E-state index in [-0.39, 0.29) is 0 Å². The molecule has 86 valence electrons. The molecule has 0 aliphatic heterocycles. The molecule has 1 rings (SSSR count). The molecule has 1 heterocycles. The number of nitrogens with one attached hydrogen (secondary N) is 1. The third-order valence-electron chi connectivity index (χ3n) is 2.11. The molecule has 0 saturated heterocycles. The highest BCUT2D eigenvalue weighted by Gasteiger charge is 1.98. The van der Waals surface area contributed by atoms with Gasteiger partial charge in [0.1, 0.15) is 0 Å². The van der Waals surface area contributed by atoms with Gasteiger partial charge in [-0.1, -0.05) is 0 Å². The van der Waals surface area contributed by atoms with Crippen LogP contribution in [0.1, 0.15) is 10.4 Å². The number of aryl methyl sites for hydroxylation is 1. The first-order chi connectivity index (χ1) is 7.34. The molecule has 1 aromatic rings. The van der Waals surface area contributed by atoms with Gasteiger partial charge in [-0.3, -0.25) is 0 Å². The Hall–Kier alpha value is -0.0300. The zero-order chi connectivity index (χ0) is 10.9. The smallest absolute Gasteiger partial charge is 0.0552 e. The van der Waals surface area contributed by atoms with Crippen molar-refractivity contribution >= 4 is 23.1 Å². The summed E-state index contributed by atoms with van der Waals surface area (Å²) in [5, 5.41) is 5.61. The lowest BCUT2D eigenvalue weighted by atomic mass is 10.3. The van der Waals surface area contributed by atoms with Crippen LogP contribution in [0.4, 0.5) is 0 Å². The Morgan fingerprint density at radius 1 is 1.47 bits per heavy atom. The van der Waals surface area contributed by atoms with Crippen LogP contribution in [0.15, 0.2) is 11.4 Å².